The molecule has 0 aliphatic rings. The number of hydrogen-bond acceptors (Lipinski definition) is 2. The van der Waals surface area contributed by atoms with E-state index < -0.39 is 0 Å². The van der Waals surface area contributed by atoms with Crippen molar-refractivity contribution in [3.05, 3.63) is 58.2 Å². The molecule has 0 N–H and O–H groups in total. The van der Waals surface area contributed by atoms with E-state index in [9.17, 15) is 4.79 Å². The van der Waals surface area contributed by atoms with Crippen LogP contribution in [0.4, 0.5) is 5.82 Å². The van der Waals surface area contributed by atoms with Crippen molar-refractivity contribution in [3.8, 4) is 0 Å². The molecule has 3 nitrogen and oxygen atoms in total. The molecule has 0 atom stereocenters. The van der Waals surface area contributed by atoms with Crippen LogP contribution in [0.2, 0.25) is 0 Å². The van der Waals surface area contributed by atoms with Crippen LogP contribution in [-0.4, -0.2) is 17.4 Å². The molecule has 2 rings (SSSR count). The normalized spacial score (nSPS) is 10.5. The third-order valence-corrected chi connectivity index (χ3v) is 4.13. The molecule has 4 heteroatoms. The van der Waals surface area contributed by atoms with Crippen LogP contribution in [0.1, 0.15) is 31.4 Å². The van der Waals surface area contributed by atoms with Gasteiger partial charge < -0.3 is 0 Å². The molecule has 0 fully saturated rings. The highest BCUT2D eigenvalue weighted by Gasteiger charge is 2.14. The molecule has 0 saturated heterocycles. The van der Waals surface area contributed by atoms with Crippen LogP contribution in [0.5, 0.6) is 0 Å². The fourth-order valence-electron chi connectivity index (χ4n) is 2.32. The van der Waals surface area contributed by atoms with E-state index in [2.05, 4.69) is 52.1 Å². The van der Waals surface area contributed by atoms with E-state index in [1.54, 1.807) is 11.1 Å². The Hall–Kier alpha value is -1.68. The minimum absolute atomic E-state index is 0.108. The van der Waals surface area contributed by atoms with Crippen LogP contribution < -0.4 is 4.90 Å². The lowest BCUT2D eigenvalue weighted by atomic mass is 10.1. The Morgan fingerprint density at radius 1 is 1.09 bits per heavy atom. The van der Waals surface area contributed by atoms with E-state index in [1.807, 2.05) is 19.1 Å². The molecule has 1 heterocycles. The van der Waals surface area contributed by atoms with Gasteiger partial charge in [0.25, 0.3) is 0 Å². The van der Waals surface area contributed by atoms with E-state index in [0.29, 0.717) is 18.8 Å². The number of pyridine rings is 1. The topological polar surface area (TPSA) is 33.2 Å². The monoisotopic (exact) mass is 360 g/mol. The summed E-state index contributed by atoms with van der Waals surface area (Å²) >= 11 is 3.36. The number of hydrogen-bond donors (Lipinski definition) is 0. The van der Waals surface area contributed by atoms with Crippen molar-refractivity contribution >= 4 is 27.7 Å². The van der Waals surface area contributed by atoms with Crippen LogP contribution in [0.3, 0.4) is 0 Å². The standard InChI is InChI=1S/C18H21BrN2O/c1-3-14-5-7-15(8-6-14)9-12-18(22)21(4-2)17-11-10-16(19)13-20-17/h5-8,10-11,13H,3-4,9,12H2,1-2H3. The minimum Gasteiger partial charge on any atom is -0.297 e. The van der Waals surface area contributed by atoms with E-state index in [0.717, 1.165) is 17.3 Å². The molecule has 1 aromatic heterocycles. The maximum absolute atomic E-state index is 12.4. The number of halogens is 1. The van der Waals surface area contributed by atoms with Crippen LogP contribution in [0, 0.1) is 0 Å². The number of nitrogens with zero attached hydrogens (tertiary/aromatic N) is 2. The van der Waals surface area contributed by atoms with Gasteiger partial charge in [-0.25, -0.2) is 4.98 Å². The molecule has 1 amide bonds. The Kier molecular flexibility index (Phi) is 6.13. The van der Waals surface area contributed by atoms with Crippen molar-refractivity contribution in [2.24, 2.45) is 0 Å². The van der Waals surface area contributed by atoms with Crippen molar-refractivity contribution in [3.63, 3.8) is 0 Å². The smallest absolute Gasteiger partial charge is 0.228 e. The first kappa shape index (κ1) is 16.7. The van der Waals surface area contributed by atoms with E-state index in [-0.39, 0.29) is 5.91 Å². The first-order chi connectivity index (χ1) is 10.6. The van der Waals surface area contributed by atoms with Gasteiger partial charge >= 0.3 is 0 Å². The van der Waals surface area contributed by atoms with Crippen molar-refractivity contribution in [1.82, 2.24) is 4.98 Å². The summed E-state index contributed by atoms with van der Waals surface area (Å²) in [4.78, 5) is 18.5. The average Bonchev–Trinajstić information content (AvgIpc) is 2.56. The molecule has 0 radical (unpaired) electrons. The van der Waals surface area contributed by atoms with Crippen molar-refractivity contribution in [2.45, 2.75) is 33.1 Å². The predicted molar refractivity (Wildman–Crippen MR) is 94.1 cm³/mol. The number of carbonyl (C=O) groups is 1. The molecule has 2 aromatic rings. The van der Waals surface area contributed by atoms with Gasteiger partial charge in [-0.3, -0.25) is 9.69 Å². The van der Waals surface area contributed by atoms with Crippen molar-refractivity contribution < 1.29 is 4.79 Å². The predicted octanol–water partition coefficient (Wildman–Crippen LogP) is 4.39. The summed E-state index contributed by atoms with van der Waals surface area (Å²) in [7, 11) is 0. The Morgan fingerprint density at radius 2 is 1.77 bits per heavy atom. The maximum Gasteiger partial charge on any atom is 0.228 e. The Morgan fingerprint density at radius 3 is 2.32 bits per heavy atom. The van der Waals surface area contributed by atoms with E-state index >= 15 is 0 Å². The van der Waals surface area contributed by atoms with Crippen molar-refractivity contribution in [2.75, 3.05) is 11.4 Å². The van der Waals surface area contributed by atoms with Gasteiger partial charge in [0.15, 0.2) is 0 Å². The highest BCUT2D eigenvalue weighted by molar-refractivity contribution is 9.10. The lowest BCUT2D eigenvalue weighted by molar-refractivity contribution is -0.118. The largest absolute Gasteiger partial charge is 0.297 e. The minimum atomic E-state index is 0.108. The molecule has 0 bridgehead atoms. The van der Waals surface area contributed by atoms with Gasteiger partial charge in [-0.15, -0.1) is 0 Å². The molecule has 0 aliphatic heterocycles. The second-order valence-electron chi connectivity index (χ2n) is 5.14. The Bertz CT molecular complexity index is 608. The summed E-state index contributed by atoms with van der Waals surface area (Å²) < 4.78 is 0.913. The number of aryl methyl sites for hydroxylation is 2. The van der Waals surface area contributed by atoms with Gasteiger partial charge in [-0.05, 0) is 59.0 Å². The zero-order chi connectivity index (χ0) is 15.9. The number of aromatic nitrogens is 1. The van der Waals surface area contributed by atoms with Crippen LogP contribution >= 0.6 is 15.9 Å². The highest BCUT2D eigenvalue weighted by Crippen LogP contribution is 2.16. The summed E-state index contributed by atoms with van der Waals surface area (Å²) in [5, 5.41) is 0. The average molecular weight is 361 g/mol. The molecule has 0 spiro atoms. The Balaban J connectivity index is 1.98. The molecule has 0 saturated carbocycles. The molecular formula is C18H21BrN2O. The first-order valence-electron chi connectivity index (χ1n) is 7.63. The molecule has 22 heavy (non-hydrogen) atoms. The molecule has 0 aliphatic carbocycles. The summed E-state index contributed by atoms with van der Waals surface area (Å²) in [6.45, 7) is 4.74. The molecule has 1 aromatic carbocycles. The second kappa shape index (κ2) is 8.08. The quantitative estimate of drug-likeness (QED) is 0.765. The van der Waals surface area contributed by atoms with Crippen LogP contribution in [0.25, 0.3) is 0 Å². The number of anilines is 1. The van der Waals surface area contributed by atoms with Crippen molar-refractivity contribution in [1.29, 1.82) is 0 Å². The fraction of sp³-hybridized carbons (Fsp3) is 0.333. The summed E-state index contributed by atoms with van der Waals surface area (Å²) in [6, 6.07) is 12.3. The van der Waals surface area contributed by atoms with Gasteiger partial charge in [0.1, 0.15) is 5.82 Å². The lowest BCUT2D eigenvalue weighted by Crippen LogP contribution is -2.31. The summed E-state index contributed by atoms with van der Waals surface area (Å²) in [5.41, 5.74) is 2.52. The van der Waals surface area contributed by atoms with Gasteiger partial charge in [0, 0.05) is 23.6 Å². The fourth-order valence-corrected chi connectivity index (χ4v) is 2.56. The van der Waals surface area contributed by atoms with E-state index in [4.69, 9.17) is 0 Å². The number of benzene rings is 1. The SMILES string of the molecule is CCc1ccc(CCC(=O)N(CC)c2ccc(Br)cn2)cc1. The van der Waals surface area contributed by atoms with E-state index in [1.165, 1.54) is 11.1 Å². The zero-order valence-corrected chi connectivity index (χ0v) is 14.6. The van der Waals surface area contributed by atoms with Gasteiger partial charge in [-0.2, -0.15) is 0 Å². The Labute approximate surface area is 140 Å². The second-order valence-corrected chi connectivity index (χ2v) is 6.06. The third kappa shape index (κ3) is 4.41. The highest BCUT2D eigenvalue weighted by atomic mass is 79.9. The molecular weight excluding hydrogens is 340 g/mol. The lowest BCUT2D eigenvalue weighted by Gasteiger charge is -2.20. The summed E-state index contributed by atoms with van der Waals surface area (Å²) in [6.07, 6.45) is 4.01. The number of carbonyl (C=O) groups excluding carboxylic acids is 1. The third-order valence-electron chi connectivity index (χ3n) is 3.66. The van der Waals surface area contributed by atoms with Gasteiger partial charge in [0.05, 0.1) is 0 Å². The first-order valence-corrected chi connectivity index (χ1v) is 8.43. The molecule has 116 valence electrons. The zero-order valence-electron chi connectivity index (χ0n) is 13.1. The molecule has 0 unspecified atom stereocenters. The van der Waals surface area contributed by atoms with Gasteiger partial charge in [0.2, 0.25) is 5.91 Å². The maximum atomic E-state index is 12.4. The number of rotatable bonds is 6. The van der Waals surface area contributed by atoms with Gasteiger partial charge in [-0.1, -0.05) is 31.2 Å². The number of amides is 1. The van der Waals surface area contributed by atoms with Crippen LogP contribution in [-0.2, 0) is 17.6 Å². The van der Waals surface area contributed by atoms with Crippen LogP contribution in [0.15, 0.2) is 47.1 Å². The summed E-state index contributed by atoms with van der Waals surface area (Å²) in [5.74, 6) is 0.814.